The fourth-order valence-corrected chi connectivity index (χ4v) is 3.96. The highest BCUT2D eigenvalue weighted by Crippen LogP contribution is 2.45. The van der Waals surface area contributed by atoms with Crippen molar-refractivity contribution < 1.29 is 14.3 Å². The van der Waals surface area contributed by atoms with Gasteiger partial charge in [-0.15, -0.1) is 0 Å². The SMILES string of the molecule is COc1ccccc1[C@@]1(CC(=O)NCCCN(C)C)CCO[C@H](C(C)C)C1. The van der Waals surface area contributed by atoms with Gasteiger partial charge in [0.2, 0.25) is 5.91 Å². The summed E-state index contributed by atoms with van der Waals surface area (Å²) in [6.07, 6.45) is 3.27. The summed E-state index contributed by atoms with van der Waals surface area (Å²) in [6.45, 7) is 6.73. The van der Waals surface area contributed by atoms with Crippen molar-refractivity contribution in [1.82, 2.24) is 10.2 Å². The third-order valence-corrected chi connectivity index (χ3v) is 5.53. The lowest BCUT2D eigenvalue weighted by Crippen LogP contribution is -2.44. The van der Waals surface area contributed by atoms with Crippen molar-refractivity contribution in [2.45, 2.75) is 51.0 Å². The van der Waals surface area contributed by atoms with Gasteiger partial charge in [-0.1, -0.05) is 32.0 Å². The number of carbonyl (C=O) groups excluding carboxylic acids is 1. The highest BCUT2D eigenvalue weighted by Gasteiger charge is 2.42. The molecule has 0 radical (unpaired) electrons. The average molecular weight is 377 g/mol. The molecule has 27 heavy (non-hydrogen) atoms. The maximum Gasteiger partial charge on any atom is 0.220 e. The molecule has 0 spiro atoms. The van der Waals surface area contributed by atoms with Gasteiger partial charge in [0.05, 0.1) is 13.2 Å². The Morgan fingerprint density at radius 2 is 2.11 bits per heavy atom. The van der Waals surface area contributed by atoms with Crippen molar-refractivity contribution in [2.75, 3.05) is 40.9 Å². The van der Waals surface area contributed by atoms with E-state index >= 15 is 0 Å². The third kappa shape index (κ3) is 5.94. The van der Waals surface area contributed by atoms with Crippen LogP contribution in [0.15, 0.2) is 24.3 Å². The fraction of sp³-hybridized carbons (Fsp3) is 0.682. The van der Waals surface area contributed by atoms with Gasteiger partial charge < -0.3 is 19.7 Å². The van der Waals surface area contributed by atoms with Gasteiger partial charge in [-0.2, -0.15) is 0 Å². The summed E-state index contributed by atoms with van der Waals surface area (Å²) in [6, 6.07) is 8.12. The first-order valence-corrected chi connectivity index (χ1v) is 10.0. The number of methoxy groups -OCH3 is 1. The molecule has 1 fully saturated rings. The van der Waals surface area contributed by atoms with E-state index in [1.54, 1.807) is 7.11 Å². The topological polar surface area (TPSA) is 50.8 Å². The average Bonchev–Trinajstić information content (AvgIpc) is 2.65. The van der Waals surface area contributed by atoms with Gasteiger partial charge in [0.1, 0.15) is 5.75 Å². The van der Waals surface area contributed by atoms with Gasteiger partial charge in [-0.05, 0) is 51.9 Å². The number of carbonyl (C=O) groups is 1. The van der Waals surface area contributed by atoms with Crippen LogP contribution in [-0.2, 0) is 14.9 Å². The van der Waals surface area contributed by atoms with Crippen molar-refractivity contribution >= 4 is 5.91 Å². The molecule has 0 aliphatic carbocycles. The first-order valence-electron chi connectivity index (χ1n) is 10.0. The maximum absolute atomic E-state index is 12.8. The Labute approximate surface area is 164 Å². The third-order valence-electron chi connectivity index (χ3n) is 5.53. The van der Waals surface area contributed by atoms with Crippen LogP contribution in [0.3, 0.4) is 0 Å². The highest BCUT2D eigenvalue weighted by atomic mass is 16.5. The number of nitrogens with one attached hydrogen (secondary N) is 1. The van der Waals surface area contributed by atoms with E-state index in [4.69, 9.17) is 9.47 Å². The Morgan fingerprint density at radius 3 is 2.78 bits per heavy atom. The number of para-hydroxylation sites is 1. The molecule has 2 rings (SSSR count). The molecule has 1 aliphatic heterocycles. The van der Waals surface area contributed by atoms with E-state index in [1.165, 1.54) is 0 Å². The minimum absolute atomic E-state index is 0.115. The zero-order valence-electron chi connectivity index (χ0n) is 17.6. The maximum atomic E-state index is 12.8. The molecule has 1 aromatic carbocycles. The molecule has 1 N–H and O–H groups in total. The molecular formula is C22H36N2O3. The minimum atomic E-state index is -0.245. The van der Waals surface area contributed by atoms with E-state index in [1.807, 2.05) is 32.3 Å². The Balaban J connectivity index is 2.19. The van der Waals surface area contributed by atoms with Gasteiger partial charge in [-0.3, -0.25) is 4.79 Å². The summed E-state index contributed by atoms with van der Waals surface area (Å²) in [5.74, 6) is 1.40. The second-order valence-corrected chi connectivity index (χ2v) is 8.27. The first kappa shape index (κ1) is 21.7. The van der Waals surface area contributed by atoms with Gasteiger partial charge in [0.25, 0.3) is 0 Å². The molecule has 0 bridgehead atoms. The summed E-state index contributed by atoms with van der Waals surface area (Å²) in [7, 11) is 5.80. The quantitative estimate of drug-likeness (QED) is 0.673. The summed E-state index contributed by atoms with van der Waals surface area (Å²) in [4.78, 5) is 14.9. The molecule has 1 heterocycles. The van der Waals surface area contributed by atoms with E-state index in [0.29, 0.717) is 25.5 Å². The van der Waals surface area contributed by atoms with Crippen molar-refractivity contribution in [3.63, 3.8) is 0 Å². The molecule has 1 saturated heterocycles. The first-order chi connectivity index (χ1) is 12.9. The van der Waals surface area contributed by atoms with Gasteiger partial charge in [0.15, 0.2) is 0 Å². The predicted molar refractivity (Wildman–Crippen MR) is 109 cm³/mol. The summed E-state index contributed by atoms with van der Waals surface area (Å²) >= 11 is 0. The van der Waals surface area contributed by atoms with E-state index < -0.39 is 0 Å². The smallest absolute Gasteiger partial charge is 0.220 e. The summed E-state index contributed by atoms with van der Waals surface area (Å²) in [5, 5.41) is 3.11. The van der Waals surface area contributed by atoms with Gasteiger partial charge >= 0.3 is 0 Å². The van der Waals surface area contributed by atoms with Crippen LogP contribution in [-0.4, -0.2) is 57.8 Å². The molecule has 0 aromatic heterocycles. The molecule has 0 saturated carbocycles. The van der Waals surface area contributed by atoms with Crippen LogP contribution in [0.25, 0.3) is 0 Å². The van der Waals surface area contributed by atoms with E-state index in [0.717, 1.165) is 37.1 Å². The van der Waals surface area contributed by atoms with E-state index in [-0.39, 0.29) is 17.4 Å². The summed E-state index contributed by atoms with van der Waals surface area (Å²) < 4.78 is 11.7. The molecule has 2 atom stereocenters. The number of ether oxygens (including phenoxy) is 2. The standard InChI is InChI=1S/C22H36N2O3/c1-17(2)20-15-22(11-14-27-20,18-9-6-7-10-19(18)26-5)16-21(25)23-12-8-13-24(3)4/h6-7,9-10,17,20H,8,11-16H2,1-5H3,(H,23,25)/t20-,22-/m0/s1. The number of benzene rings is 1. The van der Waals surface area contributed by atoms with Crippen molar-refractivity contribution in [3.8, 4) is 5.75 Å². The molecule has 5 nitrogen and oxygen atoms in total. The van der Waals surface area contributed by atoms with Crippen LogP contribution in [0.2, 0.25) is 0 Å². The largest absolute Gasteiger partial charge is 0.496 e. The lowest BCUT2D eigenvalue weighted by Gasteiger charge is -2.43. The molecule has 1 aliphatic rings. The Hall–Kier alpha value is -1.59. The van der Waals surface area contributed by atoms with Crippen molar-refractivity contribution in [1.29, 1.82) is 0 Å². The number of rotatable bonds is 9. The molecule has 1 aromatic rings. The van der Waals surface area contributed by atoms with Crippen LogP contribution in [0, 0.1) is 5.92 Å². The van der Waals surface area contributed by atoms with Crippen LogP contribution in [0.4, 0.5) is 0 Å². The Bertz CT molecular complexity index is 603. The normalized spacial score (nSPS) is 22.9. The molecule has 1 amide bonds. The highest BCUT2D eigenvalue weighted by molar-refractivity contribution is 5.78. The fourth-order valence-electron chi connectivity index (χ4n) is 3.96. The summed E-state index contributed by atoms with van der Waals surface area (Å²) in [5.41, 5.74) is 0.885. The Morgan fingerprint density at radius 1 is 1.37 bits per heavy atom. The molecule has 0 unspecified atom stereocenters. The number of hydrogen-bond donors (Lipinski definition) is 1. The monoisotopic (exact) mass is 376 g/mol. The van der Waals surface area contributed by atoms with Crippen molar-refractivity contribution in [3.05, 3.63) is 29.8 Å². The second-order valence-electron chi connectivity index (χ2n) is 8.27. The zero-order chi connectivity index (χ0) is 19.9. The molecular weight excluding hydrogens is 340 g/mol. The number of hydrogen-bond acceptors (Lipinski definition) is 4. The predicted octanol–water partition coefficient (Wildman–Crippen LogP) is 3.23. The Kier molecular flexibility index (Phi) is 8.11. The number of nitrogens with zero attached hydrogens (tertiary/aromatic N) is 1. The van der Waals surface area contributed by atoms with Gasteiger partial charge in [-0.25, -0.2) is 0 Å². The van der Waals surface area contributed by atoms with Crippen molar-refractivity contribution in [2.24, 2.45) is 5.92 Å². The lowest BCUT2D eigenvalue weighted by molar-refractivity contribution is -0.124. The molecule has 5 heteroatoms. The van der Waals surface area contributed by atoms with Crippen LogP contribution in [0.1, 0.15) is 45.1 Å². The van der Waals surface area contributed by atoms with E-state index in [2.05, 4.69) is 30.1 Å². The lowest BCUT2D eigenvalue weighted by atomic mass is 9.68. The minimum Gasteiger partial charge on any atom is -0.496 e. The number of amides is 1. The van der Waals surface area contributed by atoms with Gasteiger partial charge in [0, 0.05) is 30.6 Å². The van der Waals surface area contributed by atoms with Crippen LogP contribution < -0.4 is 10.1 Å². The molecule has 152 valence electrons. The van der Waals surface area contributed by atoms with Crippen LogP contribution >= 0.6 is 0 Å². The second kappa shape index (κ2) is 10.1. The van der Waals surface area contributed by atoms with Crippen LogP contribution in [0.5, 0.6) is 5.75 Å². The van der Waals surface area contributed by atoms with E-state index in [9.17, 15) is 4.79 Å². The zero-order valence-corrected chi connectivity index (χ0v) is 17.6.